The van der Waals surface area contributed by atoms with Crippen LogP contribution in [-0.2, 0) is 4.79 Å². The van der Waals surface area contributed by atoms with Gasteiger partial charge in [0, 0.05) is 5.69 Å². The van der Waals surface area contributed by atoms with E-state index in [2.05, 4.69) is 21.9 Å². The lowest BCUT2D eigenvalue weighted by Crippen LogP contribution is -2.26. The van der Waals surface area contributed by atoms with E-state index in [9.17, 15) is 4.79 Å². The van der Waals surface area contributed by atoms with Crippen molar-refractivity contribution in [3.8, 4) is 0 Å². The number of anilines is 1. The molecular weight excluding hydrogens is 322 g/mol. The van der Waals surface area contributed by atoms with Crippen molar-refractivity contribution in [1.82, 2.24) is 5.43 Å². The second-order valence-electron chi connectivity index (χ2n) is 5.95. The van der Waals surface area contributed by atoms with Gasteiger partial charge in [0.1, 0.15) is 0 Å². The first-order valence-corrected chi connectivity index (χ1v) is 8.50. The molecule has 0 saturated heterocycles. The highest BCUT2D eigenvalue weighted by molar-refractivity contribution is 5.97. The summed E-state index contributed by atoms with van der Waals surface area (Å²) in [6, 6.07) is 24.1. The number of carbonyl (C=O) groups excluding carboxylic acids is 1. The van der Waals surface area contributed by atoms with Crippen LogP contribution in [0.15, 0.2) is 84.0 Å². The average molecular weight is 343 g/mol. The predicted octanol–water partition coefficient (Wildman–Crippen LogP) is 4.46. The van der Waals surface area contributed by atoms with Crippen LogP contribution in [-0.4, -0.2) is 18.2 Å². The van der Waals surface area contributed by atoms with Gasteiger partial charge in [0.15, 0.2) is 0 Å². The van der Waals surface area contributed by atoms with Gasteiger partial charge in [-0.2, -0.15) is 5.10 Å². The summed E-state index contributed by atoms with van der Waals surface area (Å²) >= 11 is 0. The lowest BCUT2D eigenvalue weighted by Gasteiger charge is -2.07. The molecule has 130 valence electrons. The fraction of sp³-hybridized carbons (Fsp3) is 0.0909. The number of nitrogens with zero attached hydrogens (tertiary/aromatic N) is 1. The van der Waals surface area contributed by atoms with Crippen LogP contribution in [0.25, 0.3) is 16.8 Å². The van der Waals surface area contributed by atoms with Gasteiger partial charge in [-0.1, -0.05) is 66.7 Å². The van der Waals surface area contributed by atoms with Gasteiger partial charge in [0.2, 0.25) is 0 Å². The average Bonchev–Trinajstić information content (AvgIpc) is 2.69. The van der Waals surface area contributed by atoms with Crippen LogP contribution in [0.4, 0.5) is 5.69 Å². The van der Waals surface area contributed by atoms with E-state index in [4.69, 9.17) is 0 Å². The second-order valence-corrected chi connectivity index (χ2v) is 5.95. The van der Waals surface area contributed by atoms with Crippen LogP contribution < -0.4 is 10.7 Å². The zero-order valence-electron chi connectivity index (χ0n) is 14.6. The number of hydrogen-bond donors (Lipinski definition) is 2. The number of nitrogens with one attached hydrogen (secondary N) is 2. The largest absolute Gasteiger partial charge is 0.376 e. The molecule has 0 unspecified atom stereocenters. The number of fused-ring (bicyclic) bond motifs is 1. The van der Waals surface area contributed by atoms with Crippen molar-refractivity contribution in [2.24, 2.45) is 5.10 Å². The van der Waals surface area contributed by atoms with E-state index >= 15 is 0 Å². The van der Waals surface area contributed by atoms with Crippen molar-refractivity contribution in [3.05, 3.63) is 84.4 Å². The minimum absolute atomic E-state index is 0.164. The molecule has 3 rings (SSSR count). The summed E-state index contributed by atoms with van der Waals surface area (Å²) in [5.74, 6) is -0.189. The minimum Gasteiger partial charge on any atom is -0.376 e. The maximum absolute atomic E-state index is 12.0. The molecule has 0 spiro atoms. The topological polar surface area (TPSA) is 53.5 Å². The van der Waals surface area contributed by atoms with Crippen LogP contribution in [0, 0.1) is 0 Å². The standard InChI is InChI=1S/C22H21N3O/c1-17(11-12-18-7-3-2-4-8-18)24-25-22(26)16-23-21-14-13-19-9-5-6-10-20(19)15-21/h2-15,23H,16H2,1H3,(H,25,26)/b12-11+,24-17+. The van der Waals surface area contributed by atoms with E-state index in [1.807, 2.05) is 85.8 Å². The van der Waals surface area contributed by atoms with Crippen molar-refractivity contribution in [2.45, 2.75) is 6.92 Å². The molecule has 0 aliphatic heterocycles. The first-order chi connectivity index (χ1) is 12.7. The van der Waals surface area contributed by atoms with Crippen LogP contribution >= 0.6 is 0 Å². The van der Waals surface area contributed by atoms with Gasteiger partial charge in [0.05, 0.1) is 12.3 Å². The SMILES string of the molecule is CC(/C=C/c1ccccc1)=N\NC(=O)CNc1ccc2ccccc2c1. The predicted molar refractivity (Wildman–Crippen MR) is 109 cm³/mol. The number of hydrogen-bond acceptors (Lipinski definition) is 3. The minimum atomic E-state index is -0.189. The van der Waals surface area contributed by atoms with Gasteiger partial charge in [-0.25, -0.2) is 5.43 Å². The zero-order chi connectivity index (χ0) is 18.2. The van der Waals surface area contributed by atoms with Gasteiger partial charge in [-0.05, 0) is 41.5 Å². The summed E-state index contributed by atoms with van der Waals surface area (Å²) in [5.41, 5.74) is 5.29. The van der Waals surface area contributed by atoms with Crippen molar-refractivity contribution < 1.29 is 4.79 Å². The Hall–Kier alpha value is -3.40. The molecule has 0 saturated carbocycles. The first kappa shape index (κ1) is 17.4. The molecule has 0 aromatic heterocycles. The van der Waals surface area contributed by atoms with E-state index in [0.29, 0.717) is 0 Å². The molecule has 0 bridgehead atoms. The van der Waals surface area contributed by atoms with E-state index in [1.54, 1.807) is 0 Å². The summed E-state index contributed by atoms with van der Waals surface area (Å²) in [5, 5.41) is 9.52. The zero-order valence-corrected chi connectivity index (χ0v) is 14.6. The molecule has 3 aromatic carbocycles. The van der Waals surface area contributed by atoms with Crippen molar-refractivity contribution in [3.63, 3.8) is 0 Å². The van der Waals surface area contributed by atoms with Crippen molar-refractivity contribution in [2.75, 3.05) is 11.9 Å². The number of allylic oxidation sites excluding steroid dienone is 1. The Morgan fingerprint density at radius 2 is 1.69 bits per heavy atom. The van der Waals surface area contributed by atoms with Crippen LogP contribution in [0.5, 0.6) is 0 Å². The maximum Gasteiger partial charge on any atom is 0.259 e. The molecule has 2 N–H and O–H groups in total. The lowest BCUT2D eigenvalue weighted by molar-refractivity contribution is -0.119. The van der Waals surface area contributed by atoms with Gasteiger partial charge in [0.25, 0.3) is 5.91 Å². The van der Waals surface area contributed by atoms with E-state index in [1.165, 1.54) is 5.39 Å². The molecular formula is C22H21N3O. The summed E-state index contributed by atoms with van der Waals surface area (Å²) < 4.78 is 0. The van der Waals surface area contributed by atoms with Gasteiger partial charge in [-0.3, -0.25) is 4.79 Å². The third-order valence-corrected chi connectivity index (χ3v) is 3.88. The molecule has 0 heterocycles. The molecule has 26 heavy (non-hydrogen) atoms. The Morgan fingerprint density at radius 1 is 0.962 bits per heavy atom. The Balaban J connectivity index is 1.50. The highest BCUT2D eigenvalue weighted by Gasteiger charge is 2.01. The normalized spacial score (nSPS) is 11.7. The molecule has 0 fully saturated rings. The highest BCUT2D eigenvalue weighted by atomic mass is 16.2. The maximum atomic E-state index is 12.0. The van der Waals surface area contributed by atoms with Crippen LogP contribution in [0.2, 0.25) is 0 Å². The molecule has 1 amide bonds. The van der Waals surface area contributed by atoms with E-state index < -0.39 is 0 Å². The van der Waals surface area contributed by atoms with Gasteiger partial charge >= 0.3 is 0 Å². The molecule has 0 atom stereocenters. The molecule has 0 aliphatic rings. The summed E-state index contributed by atoms with van der Waals surface area (Å²) in [6.45, 7) is 2.01. The molecule has 4 heteroatoms. The number of benzene rings is 3. The Labute approximate surface area is 153 Å². The fourth-order valence-corrected chi connectivity index (χ4v) is 2.49. The number of carbonyl (C=O) groups is 1. The Morgan fingerprint density at radius 3 is 2.50 bits per heavy atom. The Bertz CT molecular complexity index is 946. The quantitative estimate of drug-likeness (QED) is 0.513. The van der Waals surface area contributed by atoms with Crippen molar-refractivity contribution in [1.29, 1.82) is 0 Å². The number of rotatable bonds is 6. The molecule has 3 aromatic rings. The van der Waals surface area contributed by atoms with Crippen LogP contribution in [0.1, 0.15) is 12.5 Å². The van der Waals surface area contributed by atoms with Crippen molar-refractivity contribution >= 4 is 34.2 Å². The highest BCUT2D eigenvalue weighted by Crippen LogP contribution is 2.18. The third kappa shape index (κ3) is 5.05. The Kier molecular flexibility index (Phi) is 5.78. The summed E-state index contributed by atoms with van der Waals surface area (Å²) in [6.07, 6.45) is 3.82. The van der Waals surface area contributed by atoms with E-state index in [-0.39, 0.29) is 12.5 Å². The number of amides is 1. The first-order valence-electron chi connectivity index (χ1n) is 8.50. The smallest absolute Gasteiger partial charge is 0.259 e. The molecule has 4 nitrogen and oxygen atoms in total. The van der Waals surface area contributed by atoms with Crippen LogP contribution in [0.3, 0.4) is 0 Å². The summed E-state index contributed by atoms with van der Waals surface area (Å²) in [4.78, 5) is 12.0. The number of hydrazone groups is 1. The molecule has 0 radical (unpaired) electrons. The third-order valence-electron chi connectivity index (χ3n) is 3.88. The lowest BCUT2D eigenvalue weighted by atomic mass is 10.1. The summed E-state index contributed by atoms with van der Waals surface area (Å²) in [7, 11) is 0. The van der Waals surface area contributed by atoms with E-state index in [0.717, 1.165) is 22.3 Å². The van der Waals surface area contributed by atoms with Gasteiger partial charge in [-0.15, -0.1) is 0 Å². The molecule has 0 aliphatic carbocycles. The second kappa shape index (κ2) is 8.62. The van der Waals surface area contributed by atoms with Gasteiger partial charge < -0.3 is 5.32 Å². The monoisotopic (exact) mass is 343 g/mol. The fourth-order valence-electron chi connectivity index (χ4n) is 2.49.